The van der Waals surface area contributed by atoms with Gasteiger partial charge in [0.25, 0.3) is 0 Å². The van der Waals surface area contributed by atoms with Gasteiger partial charge in [-0.1, -0.05) is 0 Å². The van der Waals surface area contributed by atoms with Crippen molar-refractivity contribution in [1.82, 2.24) is 9.88 Å². The van der Waals surface area contributed by atoms with Gasteiger partial charge in [-0.2, -0.15) is 0 Å². The van der Waals surface area contributed by atoms with Gasteiger partial charge in [0.2, 0.25) is 0 Å². The van der Waals surface area contributed by atoms with Gasteiger partial charge in [0.1, 0.15) is 11.6 Å². The third-order valence-corrected chi connectivity index (χ3v) is 4.87. The zero-order valence-electron chi connectivity index (χ0n) is 14.5. The van der Waals surface area contributed by atoms with Gasteiger partial charge in [-0.15, -0.1) is 0 Å². The van der Waals surface area contributed by atoms with Crippen molar-refractivity contribution in [2.75, 3.05) is 31.1 Å². The number of nitrogens with zero attached hydrogens (tertiary/aromatic N) is 2. The highest BCUT2D eigenvalue weighted by atomic mass is 19.1. The molecular weight excluding hydrogens is 334 g/mol. The zero-order chi connectivity index (χ0) is 18.3. The summed E-state index contributed by atoms with van der Waals surface area (Å²) >= 11 is 0. The van der Waals surface area contributed by atoms with E-state index in [1.54, 1.807) is 18.2 Å². The molecule has 2 N–H and O–H groups in total. The van der Waals surface area contributed by atoms with Crippen LogP contribution in [0.15, 0.2) is 42.6 Å². The van der Waals surface area contributed by atoms with Crippen LogP contribution in [0, 0.1) is 24.0 Å². The van der Waals surface area contributed by atoms with E-state index in [4.69, 9.17) is 5.41 Å². The van der Waals surface area contributed by atoms with Gasteiger partial charge in [0.05, 0.1) is 16.6 Å². The lowest BCUT2D eigenvalue weighted by atomic mass is 10.1. The Morgan fingerprint density at radius 3 is 2.42 bits per heavy atom. The van der Waals surface area contributed by atoms with Gasteiger partial charge in [-0.05, 0) is 48.9 Å². The molecule has 1 saturated heterocycles. The number of fused-ring (bicyclic) bond motifs is 1. The van der Waals surface area contributed by atoms with Crippen LogP contribution in [0.5, 0.6) is 0 Å². The number of aromatic nitrogens is 1. The van der Waals surface area contributed by atoms with E-state index in [0.717, 1.165) is 42.9 Å². The summed E-state index contributed by atoms with van der Waals surface area (Å²) in [5.74, 6) is -0.621. The van der Waals surface area contributed by atoms with Crippen molar-refractivity contribution in [3.05, 3.63) is 65.2 Å². The summed E-state index contributed by atoms with van der Waals surface area (Å²) in [5.41, 5.74) is 2.79. The molecule has 0 aliphatic carbocycles. The fraction of sp³-hybridized carbons (Fsp3) is 0.250. The van der Waals surface area contributed by atoms with E-state index < -0.39 is 0 Å². The third kappa shape index (κ3) is 2.86. The minimum Gasteiger partial charge on any atom is -0.367 e. The molecule has 1 aliphatic rings. The summed E-state index contributed by atoms with van der Waals surface area (Å²) in [6.07, 6.45) is 1.84. The summed E-state index contributed by atoms with van der Waals surface area (Å²) in [6, 6.07) is 9.42. The fourth-order valence-corrected chi connectivity index (χ4v) is 3.45. The van der Waals surface area contributed by atoms with Gasteiger partial charge < -0.3 is 14.8 Å². The lowest BCUT2D eigenvalue weighted by Gasteiger charge is -2.30. The van der Waals surface area contributed by atoms with E-state index in [0.29, 0.717) is 16.4 Å². The summed E-state index contributed by atoms with van der Waals surface area (Å²) in [5, 5.41) is 12.5. The number of anilines is 1. The molecule has 4 nitrogen and oxygen atoms in total. The molecule has 1 aromatic heterocycles. The Morgan fingerprint density at radius 1 is 1.04 bits per heavy atom. The molecule has 1 aliphatic heterocycles. The highest BCUT2D eigenvalue weighted by Gasteiger charge is 2.17. The maximum absolute atomic E-state index is 14.8. The quantitative estimate of drug-likeness (QED) is 0.743. The van der Waals surface area contributed by atoms with Crippen LogP contribution in [-0.4, -0.2) is 30.7 Å². The molecule has 0 amide bonds. The van der Waals surface area contributed by atoms with Gasteiger partial charge in [-0.25, -0.2) is 8.78 Å². The number of halogens is 2. The molecule has 0 unspecified atom stereocenters. The topological polar surface area (TPSA) is 44.0 Å². The number of pyridine rings is 1. The van der Waals surface area contributed by atoms with Crippen LogP contribution in [0.4, 0.5) is 14.5 Å². The number of benzene rings is 2. The Balaban J connectivity index is 1.97. The number of hydrogen-bond acceptors (Lipinski definition) is 3. The van der Waals surface area contributed by atoms with Crippen LogP contribution in [-0.2, 0) is 0 Å². The van der Waals surface area contributed by atoms with Crippen LogP contribution in [0.25, 0.3) is 16.6 Å². The largest absolute Gasteiger partial charge is 0.367 e. The molecule has 26 heavy (non-hydrogen) atoms. The van der Waals surface area contributed by atoms with E-state index in [2.05, 4.69) is 5.32 Å². The molecule has 2 heterocycles. The number of piperazine rings is 1. The summed E-state index contributed by atoms with van der Waals surface area (Å²) in [4.78, 5) is 2.02. The van der Waals surface area contributed by atoms with Crippen molar-refractivity contribution >= 4 is 16.6 Å². The van der Waals surface area contributed by atoms with Crippen LogP contribution in [0.3, 0.4) is 0 Å². The first-order chi connectivity index (χ1) is 12.5. The summed E-state index contributed by atoms with van der Waals surface area (Å²) in [7, 11) is 0. The molecule has 4 rings (SSSR count). The summed E-state index contributed by atoms with van der Waals surface area (Å²) < 4.78 is 30.0. The van der Waals surface area contributed by atoms with Crippen molar-refractivity contribution in [3.63, 3.8) is 0 Å². The predicted molar refractivity (Wildman–Crippen MR) is 98.9 cm³/mol. The van der Waals surface area contributed by atoms with E-state index in [9.17, 15) is 8.78 Å². The Hall–Kier alpha value is -2.73. The number of aryl methyl sites for hydroxylation is 1. The SMILES string of the molecule is Cc1cn(-c2ccc(F)cc2)c2cc(N3CCNCC3)c(F)cc2c1=N. The lowest BCUT2D eigenvalue weighted by molar-refractivity contribution is 0.567. The van der Waals surface area contributed by atoms with Crippen molar-refractivity contribution in [1.29, 1.82) is 5.41 Å². The van der Waals surface area contributed by atoms with E-state index in [1.165, 1.54) is 18.2 Å². The molecule has 0 saturated carbocycles. The highest BCUT2D eigenvalue weighted by Crippen LogP contribution is 2.27. The van der Waals surface area contributed by atoms with E-state index in [-0.39, 0.29) is 11.6 Å². The predicted octanol–water partition coefficient (Wildman–Crippen LogP) is 3.11. The van der Waals surface area contributed by atoms with Crippen molar-refractivity contribution in [3.8, 4) is 5.69 Å². The lowest BCUT2D eigenvalue weighted by Crippen LogP contribution is -2.43. The molecule has 0 radical (unpaired) electrons. The molecule has 0 spiro atoms. The van der Waals surface area contributed by atoms with Crippen molar-refractivity contribution in [2.45, 2.75) is 6.92 Å². The Labute approximate surface area is 150 Å². The Morgan fingerprint density at radius 2 is 1.73 bits per heavy atom. The summed E-state index contributed by atoms with van der Waals surface area (Å²) in [6.45, 7) is 4.92. The molecule has 1 fully saturated rings. The fourth-order valence-electron chi connectivity index (χ4n) is 3.45. The van der Waals surface area contributed by atoms with Crippen LogP contribution >= 0.6 is 0 Å². The van der Waals surface area contributed by atoms with E-state index >= 15 is 0 Å². The second-order valence-corrected chi connectivity index (χ2v) is 6.59. The maximum atomic E-state index is 14.8. The number of nitrogens with one attached hydrogen (secondary N) is 2. The molecule has 0 bridgehead atoms. The van der Waals surface area contributed by atoms with Crippen LogP contribution < -0.4 is 15.6 Å². The molecule has 6 heteroatoms. The van der Waals surface area contributed by atoms with Crippen LogP contribution in [0.2, 0.25) is 0 Å². The van der Waals surface area contributed by atoms with Gasteiger partial charge in [0.15, 0.2) is 0 Å². The highest BCUT2D eigenvalue weighted by molar-refractivity contribution is 5.85. The first-order valence-corrected chi connectivity index (χ1v) is 8.66. The first kappa shape index (κ1) is 16.7. The van der Waals surface area contributed by atoms with Crippen LogP contribution in [0.1, 0.15) is 5.56 Å². The van der Waals surface area contributed by atoms with E-state index in [1.807, 2.05) is 22.6 Å². The van der Waals surface area contributed by atoms with Gasteiger partial charge in [0, 0.05) is 43.4 Å². The third-order valence-electron chi connectivity index (χ3n) is 4.87. The Bertz CT molecular complexity index is 1020. The minimum absolute atomic E-state index is 0.306. The zero-order valence-corrected chi connectivity index (χ0v) is 14.5. The number of hydrogen-bond donors (Lipinski definition) is 2. The standard InChI is InChI=1S/C20H20F2N4/c1-13-12-26(15-4-2-14(21)3-5-15)18-11-19(25-8-6-24-7-9-25)17(22)10-16(18)20(13)23/h2-5,10-12,23-24H,6-9H2,1H3. The normalized spacial score (nSPS) is 14.8. The van der Waals surface area contributed by atoms with Gasteiger partial charge in [-0.3, -0.25) is 5.41 Å². The molecule has 134 valence electrons. The van der Waals surface area contributed by atoms with Crippen molar-refractivity contribution < 1.29 is 8.78 Å². The smallest absolute Gasteiger partial charge is 0.147 e. The maximum Gasteiger partial charge on any atom is 0.147 e. The molecule has 3 aromatic rings. The molecule has 2 aromatic carbocycles. The first-order valence-electron chi connectivity index (χ1n) is 8.66. The monoisotopic (exact) mass is 354 g/mol. The second kappa shape index (κ2) is 6.53. The second-order valence-electron chi connectivity index (χ2n) is 6.59. The Kier molecular flexibility index (Phi) is 4.20. The van der Waals surface area contributed by atoms with Crippen molar-refractivity contribution in [2.24, 2.45) is 0 Å². The molecule has 0 atom stereocenters. The number of rotatable bonds is 2. The molecular formula is C20H20F2N4. The minimum atomic E-state index is -0.316. The van der Waals surface area contributed by atoms with Gasteiger partial charge >= 0.3 is 0 Å². The average molecular weight is 354 g/mol. The average Bonchev–Trinajstić information content (AvgIpc) is 2.66.